The van der Waals surface area contributed by atoms with Gasteiger partial charge < -0.3 is 10.6 Å². The molecule has 0 bridgehead atoms. The summed E-state index contributed by atoms with van der Waals surface area (Å²) in [5.41, 5.74) is -4.06. The van der Waals surface area contributed by atoms with Gasteiger partial charge in [-0.05, 0) is 86.0 Å². The zero-order chi connectivity index (χ0) is 27.0. The Kier molecular flexibility index (Phi) is 5.99. The Morgan fingerprint density at radius 3 is 2.38 bits per heavy atom. The molecule has 0 radical (unpaired) electrons. The first-order valence-electron chi connectivity index (χ1n) is 12.7. The summed E-state index contributed by atoms with van der Waals surface area (Å²) in [4.78, 5) is 25.3. The van der Waals surface area contributed by atoms with E-state index in [2.05, 4.69) is 17.6 Å². The number of amides is 2. The minimum absolute atomic E-state index is 0.0535. The molecule has 5 rings (SSSR count). The van der Waals surface area contributed by atoms with E-state index >= 15 is 0 Å². The number of halogens is 6. The van der Waals surface area contributed by atoms with Crippen molar-refractivity contribution in [2.75, 3.05) is 5.32 Å². The molecule has 2 amide bonds. The van der Waals surface area contributed by atoms with Gasteiger partial charge in [0.15, 0.2) is 0 Å². The van der Waals surface area contributed by atoms with E-state index in [4.69, 9.17) is 0 Å². The second-order valence-corrected chi connectivity index (χ2v) is 11.6. The summed E-state index contributed by atoms with van der Waals surface area (Å²) >= 11 is 0. The quantitative estimate of drug-likeness (QED) is 0.427. The van der Waals surface area contributed by atoms with Crippen LogP contribution in [0.4, 0.5) is 32.0 Å². The topological polar surface area (TPSA) is 58.2 Å². The SMILES string of the molecule is CC12C=CC(=O)N[C@@H]1CC[C@@H]1[C@@H]2CC[C@]2(C)[C@@H](C(=O)Nc3cc(C(F)(F)F)ccc3C(F)(F)F)CC[C@@H]12. The minimum Gasteiger partial charge on any atom is -0.349 e. The van der Waals surface area contributed by atoms with E-state index in [0.29, 0.717) is 42.9 Å². The minimum atomic E-state index is -4.91. The highest BCUT2D eigenvalue weighted by molar-refractivity contribution is 5.94. The summed E-state index contributed by atoms with van der Waals surface area (Å²) in [6.45, 7) is 4.17. The molecule has 4 aliphatic rings. The van der Waals surface area contributed by atoms with Crippen LogP contribution in [0.15, 0.2) is 30.4 Å². The van der Waals surface area contributed by atoms with Crippen molar-refractivity contribution in [3.63, 3.8) is 0 Å². The number of hydrogen-bond donors (Lipinski definition) is 2. The van der Waals surface area contributed by atoms with Crippen LogP contribution in [0, 0.1) is 34.5 Å². The first kappa shape index (κ1) is 26.1. The van der Waals surface area contributed by atoms with Gasteiger partial charge in [-0.2, -0.15) is 26.3 Å². The second-order valence-electron chi connectivity index (χ2n) is 11.6. The van der Waals surface area contributed by atoms with Gasteiger partial charge in [-0.15, -0.1) is 0 Å². The Hall–Kier alpha value is -2.52. The molecular weight excluding hydrogens is 498 g/mol. The van der Waals surface area contributed by atoms with Gasteiger partial charge in [0, 0.05) is 17.4 Å². The van der Waals surface area contributed by atoms with Crippen molar-refractivity contribution in [2.24, 2.45) is 34.5 Å². The molecule has 4 nitrogen and oxygen atoms in total. The predicted molar refractivity (Wildman–Crippen MR) is 124 cm³/mol. The molecule has 0 aromatic heterocycles. The van der Waals surface area contributed by atoms with Crippen LogP contribution in [0.2, 0.25) is 0 Å². The normalized spacial score (nSPS) is 37.3. The summed E-state index contributed by atoms with van der Waals surface area (Å²) < 4.78 is 80.4. The first-order valence-corrected chi connectivity index (χ1v) is 12.7. The molecule has 0 saturated heterocycles. The molecule has 1 aliphatic heterocycles. The number of nitrogens with one attached hydrogen (secondary N) is 2. The van der Waals surface area contributed by atoms with Gasteiger partial charge in [-0.25, -0.2) is 0 Å². The summed E-state index contributed by atoms with van der Waals surface area (Å²) in [5.74, 6) is -0.555. The van der Waals surface area contributed by atoms with Crippen LogP contribution in [0.3, 0.4) is 0 Å². The molecule has 10 heteroatoms. The molecule has 37 heavy (non-hydrogen) atoms. The summed E-state index contributed by atoms with van der Waals surface area (Å²) in [6.07, 6.45) is -1.73. The number of benzene rings is 1. The van der Waals surface area contributed by atoms with E-state index in [-0.39, 0.29) is 23.3 Å². The zero-order valence-corrected chi connectivity index (χ0v) is 20.6. The van der Waals surface area contributed by atoms with Crippen molar-refractivity contribution >= 4 is 17.5 Å². The number of alkyl halides is 6. The molecule has 202 valence electrons. The van der Waals surface area contributed by atoms with Crippen LogP contribution in [-0.4, -0.2) is 17.9 Å². The highest BCUT2D eigenvalue weighted by atomic mass is 19.4. The molecule has 7 atom stereocenters. The Labute approximate surface area is 211 Å². The average molecular weight is 529 g/mol. The molecule has 1 aromatic rings. The highest BCUT2D eigenvalue weighted by Crippen LogP contribution is 2.65. The fraction of sp³-hybridized carbons (Fsp3) is 0.630. The van der Waals surface area contributed by atoms with Gasteiger partial charge >= 0.3 is 12.4 Å². The number of fused-ring (bicyclic) bond motifs is 5. The third-order valence-corrected chi connectivity index (χ3v) is 9.91. The number of carbonyl (C=O) groups is 2. The Bertz CT molecular complexity index is 1140. The lowest BCUT2D eigenvalue weighted by Crippen LogP contribution is -2.59. The van der Waals surface area contributed by atoms with Crippen molar-refractivity contribution < 1.29 is 35.9 Å². The number of rotatable bonds is 2. The predicted octanol–water partition coefficient (Wildman–Crippen LogP) is 6.58. The summed E-state index contributed by atoms with van der Waals surface area (Å²) in [6, 6.07) is 1.18. The van der Waals surface area contributed by atoms with E-state index in [0.717, 1.165) is 25.7 Å². The molecule has 3 fully saturated rings. The van der Waals surface area contributed by atoms with E-state index in [1.54, 1.807) is 6.08 Å². The number of carbonyl (C=O) groups excluding carboxylic acids is 2. The molecule has 2 N–H and O–H groups in total. The molecule has 1 unspecified atom stereocenters. The van der Waals surface area contributed by atoms with Gasteiger partial charge in [0.1, 0.15) is 0 Å². The van der Waals surface area contributed by atoms with Crippen LogP contribution in [0.25, 0.3) is 0 Å². The smallest absolute Gasteiger partial charge is 0.349 e. The molecule has 1 aromatic carbocycles. The van der Waals surface area contributed by atoms with Crippen LogP contribution in [0.1, 0.15) is 63.5 Å². The summed E-state index contributed by atoms with van der Waals surface area (Å²) in [7, 11) is 0. The molecule has 0 spiro atoms. The van der Waals surface area contributed by atoms with E-state index in [9.17, 15) is 35.9 Å². The summed E-state index contributed by atoms with van der Waals surface area (Å²) in [5, 5.41) is 5.33. The fourth-order valence-corrected chi connectivity index (χ4v) is 8.06. The number of hydrogen-bond acceptors (Lipinski definition) is 2. The molecule has 1 heterocycles. The van der Waals surface area contributed by atoms with Crippen molar-refractivity contribution in [3.8, 4) is 0 Å². The van der Waals surface area contributed by atoms with Gasteiger partial charge in [0.2, 0.25) is 11.8 Å². The molecule has 3 saturated carbocycles. The molecular formula is C27H30F6N2O2. The van der Waals surface area contributed by atoms with Gasteiger partial charge in [-0.3, -0.25) is 9.59 Å². The van der Waals surface area contributed by atoms with E-state index in [1.165, 1.54) is 0 Å². The van der Waals surface area contributed by atoms with Crippen molar-refractivity contribution in [1.82, 2.24) is 5.32 Å². The second kappa shape index (κ2) is 8.50. The third-order valence-electron chi connectivity index (χ3n) is 9.91. The van der Waals surface area contributed by atoms with Crippen LogP contribution >= 0.6 is 0 Å². The lowest BCUT2D eigenvalue weighted by molar-refractivity contribution is -0.141. The molecule has 3 aliphatic carbocycles. The van der Waals surface area contributed by atoms with Crippen LogP contribution in [0.5, 0.6) is 0 Å². The maximum Gasteiger partial charge on any atom is 0.418 e. The lowest BCUT2D eigenvalue weighted by Gasteiger charge is -2.58. The fourth-order valence-electron chi connectivity index (χ4n) is 8.06. The number of anilines is 1. The Morgan fingerprint density at radius 2 is 1.70 bits per heavy atom. The van der Waals surface area contributed by atoms with Crippen molar-refractivity contribution in [2.45, 2.75) is 70.8 Å². The van der Waals surface area contributed by atoms with Gasteiger partial charge in [-0.1, -0.05) is 19.9 Å². The van der Waals surface area contributed by atoms with Crippen molar-refractivity contribution in [1.29, 1.82) is 0 Å². The van der Waals surface area contributed by atoms with Gasteiger partial charge in [0.25, 0.3) is 0 Å². The van der Waals surface area contributed by atoms with E-state index < -0.39 is 46.4 Å². The largest absolute Gasteiger partial charge is 0.418 e. The standard InChI is InChI=1S/C27H30F6N2O2/c1-24-11-9-17-15(4-8-21-25(17,2)12-10-22(36)35-21)16(24)6-7-19(24)23(37)34-20-13-14(26(28,29)30)3-5-18(20)27(31,32)33/h3,5,10,12-13,15-17,19,21H,4,6-9,11H2,1-2H3,(H,34,37)(H,35,36)/t15-,16-,17-,19+,21+,24-,25?/m0/s1. The average Bonchev–Trinajstić information content (AvgIpc) is 3.15. The maximum atomic E-state index is 13.6. The van der Waals surface area contributed by atoms with E-state index in [1.807, 2.05) is 13.0 Å². The monoisotopic (exact) mass is 528 g/mol. The maximum absolute atomic E-state index is 13.6. The zero-order valence-electron chi connectivity index (χ0n) is 20.6. The lowest BCUT2D eigenvalue weighted by atomic mass is 9.48. The van der Waals surface area contributed by atoms with Crippen molar-refractivity contribution in [3.05, 3.63) is 41.5 Å². The van der Waals surface area contributed by atoms with Gasteiger partial charge in [0.05, 0.1) is 16.8 Å². The Balaban J connectivity index is 1.40. The third kappa shape index (κ3) is 4.24. The van der Waals surface area contributed by atoms with Crippen LogP contribution < -0.4 is 10.6 Å². The first-order chi connectivity index (χ1) is 17.1. The van der Waals surface area contributed by atoms with Crippen LogP contribution in [-0.2, 0) is 21.9 Å². The Morgan fingerprint density at radius 1 is 0.973 bits per heavy atom. The highest BCUT2D eigenvalue weighted by Gasteiger charge is 2.61.